The SMILES string of the molecule is N#CCC(=O)N1CCCC(n2c(NC(=O)c3ccc(Cl)cc3)nc3ccccc32)C1. The first-order valence-electron chi connectivity index (χ1n) is 9.75. The van der Waals surface area contributed by atoms with E-state index in [0.29, 0.717) is 29.6 Å². The molecular weight excluding hydrogens is 402 g/mol. The average Bonchev–Trinajstić information content (AvgIpc) is 3.12. The summed E-state index contributed by atoms with van der Waals surface area (Å²) in [4.78, 5) is 31.4. The van der Waals surface area contributed by atoms with Crippen LogP contribution in [0, 0.1) is 11.3 Å². The second kappa shape index (κ2) is 8.56. The number of rotatable bonds is 4. The van der Waals surface area contributed by atoms with Crippen molar-refractivity contribution in [1.82, 2.24) is 14.5 Å². The second-order valence-electron chi connectivity index (χ2n) is 7.23. The number of aromatic nitrogens is 2. The molecule has 0 saturated carbocycles. The lowest BCUT2D eigenvalue weighted by molar-refractivity contribution is -0.131. The number of carbonyl (C=O) groups is 2. The molecule has 3 aromatic rings. The summed E-state index contributed by atoms with van der Waals surface area (Å²) in [7, 11) is 0. The molecule has 2 amide bonds. The van der Waals surface area contributed by atoms with E-state index in [-0.39, 0.29) is 24.3 Å². The quantitative estimate of drug-likeness (QED) is 0.688. The number of benzene rings is 2. The summed E-state index contributed by atoms with van der Waals surface area (Å²) in [5.74, 6) is -0.00875. The number of halogens is 1. The number of nitrogens with one attached hydrogen (secondary N) is 1. The molecule has 8 heteroatoms. The lowest BCUT2D eigenvalue weighted by atomic mass is 10.0. The molecule has 0 radical (unpaired) electrons. The summed E-state index contributed by atoms with van der Waals surface area (Å²) in [5.41, 5.74) is 2.14. The van der Waals surface area contributed by atoms with E-state index in [1.165, 1.54) is 0 Å². The Morgan fingerprint density at radius 2 is 1.97 bits per heavy atom. The van der Waals surface area contributed by atoms with Crippen LogP contribution in [-0.2, 0) is 4.79 Å². The van der Waals surface area contributed by atoms with Gasteiger partial charge in [-0.15, -0.1) is 0 Å². The van der Waals surface area contributed by atoms with Crippen LogP contribution in [-0.4, -0.2) is 39.4 Å². The lowest BCUT2D eigenvalue weighted by Gasteiger charge is -2.34. The van der Waals surface area contributed by atoms with Crippen molar-refractivity contribution in [2.45, 2.75) is 25.3 Å². The second-order valence-corrected chi connectivity index (χ2v) is 7.66. The molecule has 1 aliphatic rings. The Balaban J connectivity index is 1.67. The monoisotopic (exact) mass is 421 g/mol. The van der Waals surface area contributed by atoms with Crippen LogP contribution >= 0.6 is 11.6 Å². The molecule has 1 fully saturated rings. The summed E-state index contributed by atoms with van der Waals surface area (Å²) in [6.07, 6.45) is 1.54. The minimum Gasteiger partial charge on any atom is -0.340 e. The van der Waals surface area contributed by atoms with Crippen molar-refractivity contribution in [3.05, 3.63) is 59.1 Å². The molecule has 1 atom stereocenters. The van der Waals surface area contributed by atoms with E-state index in [9.17, 15) is 9.59 Å². The van der Waals surface area contributed by atoms with E-state index in [0.717, 1.165) is 23.9 Å². The maximum absolute atomic E-state index is 12.8. The lowest BCUT2D eigenvalue weighted by Crippen LogP contribution is -2.40. The Labute approximate surface area is 178 Å². The fourth-order valence-corrected chi connectivity index (χ4v) is 3.97. The number of piperidine rings is 1. The van der Waals surface area contributed by atoms with Crippen LogP contribution in [0.25, 0.3) is 11.0 Å². The van der Waals surface area contributed by atoms with Gasteiger partial charge >= 0.3 is 0 Å². The number of para-hydroxylation sites is 2. The van der Waals surface area contributed by atoms with Crippen molar-refractivity contribution >= 4 is 40.4 Å². The van der Waals surface area contributed by atoms with E-state index < -0.39 is 0 Å². The van der Waals surface area contributed by atoms with Crippen molar-refractivity contribution in [3.63, 3.8) is 0 Å². The number of nitrogens with zero attached hydrogens (tertiary/aromatic N) is 4. The van der Waals surface area contributed by atoms with Crippen LogP contribution in [0.2, 0.25) is 5.02 Å². The van der Waals surface area contributed by atoms with Gasteiger partial charge < -0.3 is 9.47 Å². The number of nitriles is 1. The Kier molecular flexibility index (Phi) is 5.68. The highest BCUT2D eigenvalue weighted by molar-refractivity contribution is 6.30. The smallest absolute Gasteiger partial charge is 0.257 e. The van der Waals surface area contributed by atoms with Crippen LogP contribution in [0.3, 0.4) is 0 Å². The highest BCUT2D eigenvalue weighted by Gasteiger charge is 2.28. The molecule has 4 rings (SSSR count). The Bertz CT molecular complexity index is 1130. The van der Waals surface area contributed by atoms with E-state index in [2.05, 4.69) is 10.3 Å². The minimum absolute atomic E-state index is 0.0469. The van der Waals surface area contributed by atoms with Gasteiger partial charge in [-0.1, -0.05) is 23.7 Å². The fourth-order valence-electron chi connectivity index (χ4n) is 3.85. The van der Waals surface area contributed by atoms with Crippen molar-refractivity contribution in [2.24, 2.45) is 0 Å². The zero-order valence-electron chi connectivity index (χ0n) is 16.2. The molecule has 0 bridgehead atoms. The van der Waals surface area contributed by atoms with Crippen LogP contribution in [0.5, 0.6) is 0 Å². The molecular formula is C22H20ClN5O2. The summed E-state index contributed by atoms with van der Waals surface area (Å²) < 4.78 is 2.00. The maximum Gasteiger partial charge on any atom is 0.257 e. The molecule has 1 saturated heterocycles. The maximum atomic E-state index is 12.8. The van der Waals surface area contributed by atoms with Gasteiger partial charge in [0.2, 0.25) is 11.9 Å². The molecule has 30 heavy (non-hydrogen) atoms. The van der Waals surface area contributed by atoms with Crippen LogP contribution in [0.15, 0.2) is 48.5 Å². The number of carbonyl (C=O) groups excluding carboxylic acids is 2. The average molecular weight is 422 g/mol. The van der Waals surface area contributed by atoms with Gasteiger partial charge in [0.25, 0.3) is 5.91 Å². The largest absolute Gasteiger partial charge is 0.340 e. The first-order valence-corrected chi connectivity index (χ1v) is 10.1. The summed E-state index contributed by atoms with van der Waals surface area (Å²) in [6.45, 7) is 1.11. The Morgan fingerprint density at radius 1 is 1.20 bits per heavy atom. The van der Waals surface area contributed by atoms with Gasteiger partial charge in [-0.3, -0.25) is 14.9 Å². The van der Waals surface area contributed by atoms with Gasteiger partial charge in [0.05, 0.1) is 23.1 Å². The predicted octanol–water partition coefficient (Wildman–Crippen LogP) is 4.02. The third-order valence-corrected chi connectivity index (χ3v) is 5.52. The number of amides is 2. The summed E-state index contributed by atoms with van der Waals surface area (Å²) >= 11 is 5.92. The zero-order chi connectivity index (χ0) is 21.1. The van der Waals surface area contributed by atoms with E-state index in [1.807, 2.05) is 34.9 Å². The third kappa shape index (κ3) is 4.00. The minimum atomic E-state index is -0.281. The van der Waals surface area contributed by atoms with Crippen molar-refractivity contribution in [3.8, 4) is 6.07 Å². The number of anilines is 1. The van der Waals surface area contributed by atoms with Crippen molar-refractivity contribution in [2.75, 3.05) is 18.4 Å². The third-order valence-electron chi connectivity index (χ3n) is 5.27. The van der Waals surface area contributed by atoms with Crippen LogP contribution in [0.4, 0.5) is 5.95 Å². The van der Waals surface area contributed by atoms with Gasteiger partial charge in [0, 0.05) is 23.7 Å². The zero-order valence-corrected chi connectivity index (χ0v) is 17.0. The van der Waals surface area contributed by atoms with E-state index in [4.69, 9.17) is 16.9 Å². The molecule has 152 valence electrons. The van der Waals surface area contributed by atoms with Gasteiger partial charge in [-0.05, 0) is 49.2 Å². The van der Waals surface area contributed by atoms with E-state index in [1.54, 1.807) is 29.2 Å². The first-order chi connectivity index (χ1) is 14.6. The van der Waals surface area contributed by atoms with Crippen molar-refractivity contribution < 1.29 is 9.59 Å². The molecule has 0 spiro atoms. The van der Waals surface area contributed by atoms with E-state index >= 15 is 0 Å². The summed E-state index contributed by atoms with van der Waals surface area (Å²) in [6, 6.07) is 16.2. The van der Waals surface area contributed by atoms with Crippen LogP contribution in [0.1, 0.15) is 35.7 Å². The number of hydrogen-bond donors (Lipinski definition) is 1. The molecule has 0 aliphatic carbocycles. The summed E-state index contributed by atoms with van der Waals surface area (Å²) in [5, 5.41) is 12.3. The highest BCUT2D eigenvalue weighted by atomic mass is 35.5. The van der Waals surface area contributed by atoms with Gasteiger partial charge in [0.15, 0.2) is 0 Å². The molecule has 2 heterocycles. The Morgan fingerprint density at radius 3 is 2.73 bits per heavy atom. The molecule has 1 aliphatic heterocycles. The number of likely N-dealkylation sites (tertiary alicyclic amines) is 1. The van der Waals surface area contributed by atoms with Crippen LogP contribution < -0.4 is 5.32 Å². The number of hydrogen-bond acceptors (Lipinski definition) is 4. The fraction of sp³-hybridized carbons (Fsp3) is 0.273. The predicted molar refractivity (Wildman–Crippen MR) is 114 cm³/mol. The highest BCUT2D eigenvalue weighted by Crippen LogP contribution is 2.30. The topological polar surface area (TPSA) is 91.0 Å². The van der Waals surface area contributed by atoms with Gasteiger partial charge in [0.1, 0.15) is 6.42 Å². The van der Waals surface area contributed by atoms with Crippen molar-refractivity contribution in [1.29, 1.82) is 5.26 Å². The molecule has 1 aromatic heterocycles. The molecule has 1 unspecified atom stereocenters. The normalized spacial score (nSPS) is 16.3. The number of imidazole rings is 1. The van der Waals surface area contributed by atoms with Gasteiger partial charge in [-0.2, -0.15) is 5.26 Å². The first kappa shape index (κ1) is 19.9. The molecule has 1 N–H and O–H groups in total. The Hall–Kier alpha value is -3.37. The number of fused-ring (bicyclic) bond motifs is 1. The molecule has 2 aromatic carbocycles. The molecule has 7 nitrogen and oxygen atoms in total. The standard InChI is InChI=1S/C22H20ClN5O2/c23-16-9-7-15(8-10-16)21(30)26-22-25-18-5-1-2-6-19(18)28(22)17-4-3-13-27(14-17)20(29)11-12-24/h1-2,5-10,17H,3-4,11,13-14H2,(H,25,26,30). The van der Waals surface area contributed by atoms with Gasteiger partial charge in [-0.25, -0.2) is 4.98 Å².